The third-order valence-corrected chi connectivity index (χ3v) is 3.13. The van der Waals surface area contributed by atoms with Gasteiger partial charge in [-0.1, -0.05) is 6.07 Å². The van der Waals surface area contributed by atoms with Gasteiger partial charge in [-0.3, -0.25) is 5.32 Å². The van der Waals surface area contributed by atoms with E-state index < -0.39 is 11.7 Å². The van der Waals surface area contributed by atoms with Crippen molar-refractivity contribution >= 4 is 11.8 Å². The van der Waals surface area contributed by atoms with Gasteiger partial charge in [-0.25, -0.2) is 4.79 Å². The second kappa shape index (κ2) is 5.32. The summed E-state index contributed by atoms with van der Waals surface area (Å²) in [6, 6.07) is 5.95. The number of benzene rings is 1. The van der Waals surface area contributed by atoms with Gasteiger partial charge in [0.25, 0.3) is 0 Å². The SMILES string of the molecule is COc1cc([C@@H]2C[C@H]2N)ccc1NC(=O)OC(C)(C)C. The Morgan fingerprint density at radius 1 is 1.40 bits per heavy atom. The first-order valence-electron chi connectivity index (χ1n) is 6.73. The first kappa shape index (κ1) is 14.7. The van der Waals surface area contributed by atoms with Crippen molar-refractivity contribution in [3.8, 4) is 5.75 Å². The number of methoxy groups -OCH3 is 1. The standard InChI is InChI=1S/C15H22N2O3/c1-15(2,3)20-14(18)17-12-6-5-9(7-13(12)19-4)10-8-11(10)16/h5-7,10-11H,8,16H2,1-4H3,(H,17,18)/t10-,11+/m0/s1. The number of rotatable bonds is 3. The Bertz CT molecular complexity index is 508. The second-order valence-electron chi connectivity index (χ2n) is 6.09. The van der Waals surface area contributed by atoms with Crippen LogP contribution in [-0.2, 0) is 4.74 Å². The molecule has 1 aromatic rings. The summed E-state index contributed by atoms with van der Waals surface area (Å²) >= 11 is 0. The molecule has 0 bridgehead atoms. The Morgan fingerprint density at radius 2 is 2.05 bits per heavy atom. The van der Waals surface area contributed by atoms with E-state index in [0.717, 1.165) is 12.0 Å². The first-order valence-corrected chi connectivity index (χ1v) is 6.73. The average molecular weight is 278 g/mol. The van der Waals surface area contributed by atoms with Gasteiger partial charge in [0.1, 0.15) is 11.4 Å². The predicted molar refractivity (Wildman–Crippen MR) is 78.2 cm³/mol. The maximum atomic E-state index is 11.8. The first-order chi connectivity index (χ1) is 9.30. The van der Waals surface area contributed by atoms with Crippen molar-refractivity contribution < 1.29 is 14.3 Å². The Kier molecular flexibility index (Phi) is 3.90. The maximum Gasteiger partial charge on any atom is 0.412 e. The van der Waals surface area contributed by atoms with Crippen LogP contribution in [0.25, 0.3) is 0 Å². The van der Waals surface area contributed by atoms with E-state index in [-0.39, 0.29) is 6.04 Å². The van der Waals surface area contributed by atoms with E-state index in [1.54, 1.807) is 7.11 Å². The number of nitrogens with two attached hydrogens (primary N) is 1. The van der Waals surface area contributed by atoms with Crippen LogP contribution in [0.5, 0.6) is 5.75 Å². The molecule has 110 valence electrons. The van der Waals surface area contributed by atoms with Crippen LogP contribution in [0.1, 0.15) is 38.7 Å². The highest BCUT2D eigenvalue weighted by Gasteiger charge is 2.35. The Balaban J connectivity index is 2.09. The minimum Gasteiger partial charge on any atom is -0.495 e. The summed E-state index contributed by atoms with van der Waals surface area (Å²) in [5, 5.41) is 2.70. The van der Waals surface area contributed by atoms with Crippen LogP contribution in [-0.4, -0.2) is 24.8 Å². The largest absolute Gasteiger partial charge is 0.495 e. The Morgan fingerprint density at radius 3 is 2.55 bits per heavy atom. The number of anilines is 1. The van der Waals surface area contributed by atoms with Crippen LogP contribution < -0.4 is 15.8 Å². The highest BCUT2D eigenvalue weighted by atomic mass is 16.6. The zero-order chi connectivity index (χ0) is 14.9. The molecule has 5 nitrogen and oxygen atoms in total. The quantitative estimate of drug-likeness (QED) is 0.891. The van der Waals surface area contributed by atoms with Gasteiger partial charge in [0.15, 0.2) is 0 Å². The number of carbonyl (C=O) groups is 1. The number of hydrogen-bond acceptors (Lipinski definition) is 4. The zero-order valence-corrected chi connectivity index (χ0v) is 12.4. The van der Waals surface area contributed by atoms with E-state index in [9.17, 15) is 4.79 Å². The van der Waals surface area contributed by atoms with Crippen molar-refractivity contribution in [2.45, 2.75) is 44.8 Å². The lowest BCUT2D eigenvalue weighted by molar-refractivity contribution is 0.0635. The number of ether oxygens (including phenoxy) is 2. The highest BCUT2D eigenvalue weighted by Crippen LogP contribution is 2.41. The molecular formula is C15H22N2O3. The van der Waals surface area contributed by atoms with Gasteiger partial charge in [0.2, 0.25) is 0 Å². The van der Waals surface area contributed by atoms with E-state index in [2.05, 4.69) is 5.32 Å². The van der Waals surface area contributed by atoms with Crippen LogP contribution in [0.2, 0.25) is 0 Å². The fourth-order valence-corrected chi connectivity index (χ4v) is 2.05. The molecule has 1 amide bonds. The van der Waals surface area contributed by atoms with Crippen molar-refractivity contribution in [2.75, 3.05) is 12.4 Å². The molecule has 2 atom stereocenters. The van der Waals surface area contributed by atoms with Crippen LogP contribution in [0.4, 0.5) is 10.5 Å². The molecule has 0 spiro atoms. The van der Waals surface area contributed by atoms with Crippen LogP contribution in [0, 0.1) is 0 Å². The molecule has 1 aliphatic carbocycles. The lowest BCUT2D eigenvalue weighted by Crippen LogP contribution is -2.27. The monoisotopic (exact) mass is 278 g/mol. The molecule has 1 aliphatic rings. The van der Waals surface area contributed by atoms with E-state index >= 15 is 0 Å². The summed E-state index contributed by atoms with van der Waals surface area (Å²) < 4.78 is 10.5. The highest BCUT2D eigenvalue weighted by molar-refractivity contribution is 5.87. The number of carbonyl (C=O) groups excluding carboxylic acids is 1. The molecule has 1 fully saturated rings. The van der Waals surface area contributed by atoms with Crippen molar-refractivity contribution in [2.24, 2.45) is 5.73 Å². The molecule has 0 aliphatic heterocycles. The van der Waals surface area contributed by atoms with Gasteiger partial charge in [-0.15, -0.1) is 0 Å². The van der Waals surface area contributed by atoms with E-state index in [0.29, 0.717) is 17.4 Å². The summed E-state index contributed by atoms with van der Waals surface area (Å²) in [4.78, 5) is 11.8. The van der Waals surface area contributed by atoms with Gasteiger partial charge < -0.3 is 15.2 Å². The number of nitrogens with one attached hydrogen (secondary N) is 1. The van der Waals surface area contributed by atoms with Crippen LogP contribution in [0.15, 0.2) is 18.2 Å². The summed E-state index contributed by atoms with van der Waals surface area (Å²) in [5.41, 5.74) is 7.06. The van der Waals surface area contributed by atoms with Crippen molar-refractivity contribution in [3.63, 3.8) is 0 Å². The predicted octanol–water partition coefficient (Wildman–Crippen LogP) is 2.86. The number of hydrogen-bond donors (Lipinski definition) is 2. The van der Waals surface area contributed by atoms with E-state index in [1.807, 2.05) is 39.0 Å². The maximum absolute atomic E-state index is 11.8. The Hall–Kier alpha value is -1.75. The summed E-state index contributed by atoms with van der Waals surface area (Å²) in [7, 11) is 1.58. The molecule has 2 rings (SSSR count). The molecule has 5 heteroatoms. The lowest BCUT2D eigenvalue weighted by Gasteiger charge is -2.20. The average Bonchev–Trinajstić information content (AvgIpc) is 3.04. The normalized spacial score (nSPS) is 21.2. The summed E-state index contributed by atoms with van der Waals surface area (Å²) in [6.07, 6.45) is 0.508. The molecule has 3 N–H and O–H groups in total. The van der Waals surface area contributed by atoms with Crippen LogP contribution in [0.3, 0.4) is 0 Å². The summed E-state index contributed by atoms with van der Waals surface area (Å²) in [6.45, 7) is 5.46. The second-order valence-corrected chi connectivity index (χ2v) is 6.09. The molecule has 1 aromatic carbocycles. The third-order valence-electron chi connectivity index (χ3n) is 3.13. The molecule has 0 saturated heterocycles. The molecule has 20 heavy (non-hydrogen) atoms. The van der Waals surface area contributed by atoms with Gasteiger partial charge >= 0.3 is 6.09 Å². The van der Waals surface area contributed by atoms with Crippen LogP contribution >= 0.6 is 0 Å². The smallest absolute Gasteiger partial charge is 0.412 e. The molecule has 0 heterocycles. The minimum atomic E-state index is -0.530. The molecular weight excluding hydrogens is 256 g/mol. The fraction of sp³-hybridized carbons (Fsp3) is 0.533. The Labute approximate surface area is 119 Å². The topological polar surface area (TPSA) is 73.6 Å². The van der Waals surface area contributed by atoms with Gasteiger partial charge in [0, 0.05) is 12.0 Å². The van der Waals surface area contributed by atoms with Gasteiger partial charge in [-0.05, 0) is 44.9 Å². The minimum absolute atomic E-state index is 0.240. The van der Waals surface area contributed by atoms with Crippen molar-refractivity contribution in [3.05, 3.63) is 23.8 Å². The van der Waals surface area contributed by atoms with E-state index in [1.165, 1.54) is 0 Å². The van der Waals surface area contributed by atoms with Gasteiger partial charge in [0.05, 0.1) is 12.8 Å². The van der Waals surface area contributed by atoms with Crippen molar-refractivity contribution in [1.29, 1.82) is 0 Å². The summed E-state index contributed by atoms with van der Waals surface area (Å²) in [5.74, 6) is 1.02. The lowest BCUT2D eigenvalue weighted by atomic mass is 10.1. The molecule has 1 saturated carbocycles. The zero-order valence-electron chi connectivity index (χ0n) is 12.4. The number of amides is 1. The van der Waals surface area contributed by atoms with Crippen molar-refractivity contribution in [1.82, 2.24) is 0 Å². The third kappa shape index (κ3) is 3.63. The fourth-order valence-electron chi connectivity index (χ4n) is 2.05. The molecule has 0 unspecified atom stereocenters. The van der Waals surface area contributed by atoms with Gasteiger partial charge in [-0.2, -0.15) is 0 Å². The molecule has 0 aromatic heterocycles. The van der Waals surface area contributed by atoms with E-state index in [4.69, 9.17) is 15.2 Å². The molecule has 0 radical (unpaired) electrons.